The summed E-state index contributed by atoms with van der Waals surface area (Å²) >= 11 is 0. The summed E-state index contributed by atoms with van der Waals surface area (Å²) in [6.45, 7) is 2.16. The Bertz CT molecular complexity index is 389. The lowest BCUT2D eigenvalue weighted by Gasteiger charge is -2.17. The normalized spacial score (nSPS) is 24.5. The van der Waals surface area contributed by atoms with Crippen molar-refractivity contribution >= 4 is 11.8 Å². The topological polar surface area (TPSA) is 63.6 Å². The number of esters is 1. The van der Waals surface area contributed by atoms with Crippen molar-refractivity contribution in [2.24, 2.45) is 11.8 Å². The third-order valence-electron chi connectivity index (χ3n) is 4.69. The summed E-state index contributed by atoms with van der Waals surface area (Å²) in [7, 11) is 1.41. The van der Waals surface area contributed by atoms with E-state index < -0.39 is 6.10 Å². The molecule has 0 saturated heterocycles. The Kier molecular flexibility index (Phi) is 9.85. The molecule has 0 bridgehead atoms. The number of allylic oxidation sites excluding steroid dienone is 1. The zero-order valence-corrected chi connectivity index (χ0v) is 14.6. The Balaban J connectivity index is 2.30. The first-order valence-corrected chi connectivity index (χ1v) is 9.04. The zero-order valence-electron chi connectivity index (χ0n) is 14.6. The SMILES string of the molecule is CCCCC=C[C@@H]1[C@H](O)CC(=O)[C@@H]1CCCCCCC(=O)OC. The van der Waals surface area contributed by atoms with Gasteiger partial charge in [0.25, 0.3) is 0 Å². The molecule has 0 aromatic carbocycles. The summed E-state index contributed by atoms with van der Waals surface area (Å²) in [4.78, 5) is 23.1. The first kappa shape index (κ1) is 19.9. The monoisotopic (exact) mass is 324 g/mol. The number of methoxy groups -OCH3 is 1. The van der Waals surface area contributed by atoms with E-state index in [2.05, 4.69) is 23.8 Å². The van der Waals surface area contributed by atoms with Crippen molar-refractivity contribution < 1.29 is 19.4 Å². The molecule has 1 saturated carbocycles. The van der Waals surface area contributed by atoms with Gasteiger partial charge in [-0.05, 0) is 19.3 Å². The van der Waals surface area contributed by atoms with Gasteiger partial charge in [0.1, 0.15) is 5.78 Å². The maximum atomic E-state index is 12.1. The molecule has 23 heavy (non-hydrogen) atoms. The van der Waals surface area contributed by atoms with Crippen LogP contribution in [0.25, 0.3) is 0 Å². The average molecular weight is 324 g/mol. The van der Waals surface area contributed by atoms with Crippen LogP contribution in [0.5, 0.6) is 0 Å². The highest BCUT2D eigenvalue weighted by atomic mass is 16.5. The maximum absolute atomic E-state index is 12.1. The lowest BCUT2D eigenvalue weighted by atomic mass is 9.88. The summed E-state index contributed by atoms with van der Waals surface area (Å²) in [5.41, 5.74) is 0. The number of aliphatic hydroxyl groups is 1. The van der Waals surface area contributed by atoms with E-state index in [1.807, 2.05) is 0 Å². The van der Waals surface area contributed by atoms with Crippen molar-refractivity contribution in [1.29, 1.82) is 0 Å². The first-order chi connectivity index (χ1) is 11.1. The summed E-state index contributed by atoms with van der Waals surface area (Å²) in [6, 6.07) is 0. The number of Topliss-reactive ketones (excluding diaryl/α,β-unsaturated/α-hetero) is 1. The van der Waals surface area contributed by atoms with Crippen LogP contribution >= 0.6 is 0 Å². The largest absolute Gasteiger partial charge is 0.469 e. The van der Waals surface area contributed by atoms with Crippen LogP contribution in [0.2, 0.25) is 0 Å². The minimum Gasteiger partial charge on any atom is -0.469 e. The van der Waals surface area contributed by atoms with Crippen molar-refractivity contribution in [3.8, 4) is 0 Å². The standard InChI is InChI=1S/C19H32O4/c1-3-4-5-8-11-15-16(18(21)14-17(15)20)12-9-6-7-10-13-19(22)23-2/h8,11,15-17,20H,3-7,9-10,12-14H2,1-2H3/t15-,16+,17+/m0/s1. The summed E-state index contributed by atoms with van der Waals surface area (Å²) in [6.07, 6.45) is 12.4. The predicted octanol–water partition coefficient (Wildman–Crippen LogP) is 3.81. The number of hydrogen-bond acceptors (Lipinski definition) is 4. The molecule has 4 nitrogen and oxygen atoms in total. The second kappa shape index (κ2) is 11.4. The number of rotatable bonds is 11. The molecule has 1 N–H and O–H groups in total. The highest BCUT2D eigenvalue weighted by molar-refractivity contribution is 5.84. The van der Waals surface area contributed by atoms with E-state index in [0.717, 1.165) is 51.4 Å². The molecule has 1 rings (SSSR count). The zero-order chi connectivity index (χ0) is 17.1. The lowest BCUT2D eigenvalue weighted by Crippen LogP contribution is -2.18. The number of ketones is 1. The molecule has 0 aliphatic heterocycles. The van der Waals surface area contributed by atoms with Gasteiger partial charge in [-0.3, -0.25) is 9.59 Å². The molecular weight excluding hydrogens is 292 g/mol. The minimum absolute atomic E-state index is 0.00516. The van der Waals surface area contributed by atoms with Gasteiger partial charge in [-0.1, -0.05) is 51.2 Å². The van der Waals surface area contributed by atoms with E-state index in [9.17, 15) is 14.7 Å². The van der Waals surface area contributed by atoms with Crippen molar-refractivity contribution in [1.82, 2.24) is 0 Å². The van der Waals surface area contributed by atoms with Crippen LogP contribution in [0.3, 0.4) is 0 Å². The van der Waals surface area contributed by atoms with Crippen LogP contribution in [-0.4, -0.2) is 30.1 Å². The van der Waals surface area contributed by atoms with Gasteiger partial charge in [0.2, 0.25) is 0 Å². The van der Waals surface area contributed by atoms with Crippen LogP contribution < -0.4 is 0 Å². The predicted molar refractivity (Wildman–Crippen MR) is 91.0 cm³/mol. The Hall–Kier alpha value is -1.16. The second-order valence-corrected chi connectivity index (χ2v) is 6.52. The van der Waals surface area contributed by atoms with Gasteiger partial charge in [0, 0.05) is 24.7 Å². The van der Waals surface area contributed by atoms with Crippen LogP contribution in [0.1, 0.15) is 71.1 Å². The summed E-state index contributed by atoms with van der Waals surface area (Å²) in [5, 5.41) is 10.1. The third kappa shape index (κ3) is 7.30. The molecule has 1 fully saturated rings. The van der Waals surface area contributed by atoms with Crippen LogP contribution in [0.15, 0.2) is 12.2 Å². The molecule has 0 heterocycles. The number of carbonyl (C=O) groups is 2. The lowest BCUT2D eigenvalue weighted by molar-refractivity contribution is -0.140. The van der Waals surface area contributed by atoms with Gasteiger partial charge in [0.05, 0.1) is 13.2 Å². The highest BCUT2D eigenvalue weighted by Gasteiger charge is 2.39. The number of aliphatic hydroxyl groups excluding tert-OH is 1. The van der Waals surface area contributed by atoms with Crippen molar-refractivity contribution in [2.75, 3.05) is 7.11 Å². The van der Waals surface area contributed by atoms with Crippen molar-refractivity contribution in [2.45, 2.75) is 77.2 Å². The minimum atomic E-state index is -0.510. The molecule has 0 radical (unpaired) electrons. The Morgan fingerprint density at radius 1 is 1.26 bits per heavy atom. The molecule has 1 aliphatic rings. The second-order valence-electron chi connectivity index (χ2n) is 6.52. The smallest absolute Gasteiger partial charge is 0.305 e. The molecule has 132 valence electrons. The first-order valence-electron chi connectivity index (χ1n) is 9.04. The van der Waals surface area contributed by atoms with Gasteiger partial charge in [0.15, 0.2) is 0 Å². The van der Waals surface area contributed by atoms with Gasteiger partial charge in [-0.2, -0.15) is 0 Å². The van der Waals surface area contributed by atoms with Crippen LogP contribution in [0.4, 0.5) is 0 Å². The Morgan fingerprint density at radius 3 is 2.70 bits per heavy atom. The van der Waals surface area contributed by atoms with Crippen molar-refractivity contribution in [3.05, 3.63) is 12.2 Å². The number of hydrogen-bond donors (Lipinski definition) is 1. The van der Waals surface area contributed by atoms with Crippen molar-refractivity contribution in [3.63, 3.8) is 0 Å². The molecule has 0 unspecified atom stereocenters. The molecule has 0 aromatic rings. The Labute approximate surface area is 140 Å². The molecule has 0 amide bonds. The van der Waals surface area contributed by atoms with Crippen LogP contribution in [-0.2, 0) is 14.3 Å². The fourth-order valence-corrected chi connectivity index (χ4v) is 3.26. The highest BCUT2D eigenvalue weighted by Crippen LogP contribution is 2.34. The number of unbranched alkanes of at least 4 members (excludes halogenated alkanes) is 5. The van der Waals surface area contributed by atoms with Gasteiger partial charge in [-0.15, -0.1) is 0 Å². The van der Waals surface area contributed by atoms with E-state index in [0.29, 0.717) is 12.8 Å². The van der Waals surface area contributed by atoms with E-state index in [1.54, 1.807) is 0 Å². The molecule has 3 atom stereocenters. The molecule has 0 spiro atoms. The van der Waals surface area contributed by atoms with E-state index >= 15 is 0 Å². The molecule has 0 aromatic heterocycles. The third-order valence-corrected chi connectivity index (χ3v) is 4.69. The summed E-state index contributed by atoms with van der Waals surface area (Å²) < 4.78 is 4.61. The maximum Gasteiger partial charge on any atom is 0.305 e. The number of ether oxygens (including phenoxy) is 1. The quantitative estimate of drug-likeness (QED) is 0.356. The van der Waals surface area contributed by atoms with Gasteiger partial charge < -0.3 is 9.84 Å². The van der Waals surface area contributed by atoms with Crippen LogP contribution in [0, 0.1) is 11.8 Å². The molecular formula is C19H32O4. The fourth-order valence-electron chi connectivity index (χ4n) is 3.26. The van der Waals surface area contributed by atoms with Gasteiger partial charge in [-0.25, -0.2) is 0 Å². The Morgan fingerprint density at radius 2 is 2.00 bits per heavy atom. The van der Waals surface area contributed by atoms with Gasteiger partial charge >= 0.3 is 5.97 Å². The van der Waals surface area contributed by atoms with E-state index in [4.69, 9.17) is 0 Å². The summed E-state index contributed by atoms with van der Waals surface area (Å²) in [5.74, 6) is 0.0199. The fraction of sp³-hybridized carbons (Fsp3) is 0.789. The molecule has 4 heteroatoms. The van der Waals surface area contributed by atoms with E-state index in [1.165, 1.54) is 7.11 Å². The van der Waals surface area contributed by atoms with E-state index in [-0.39, 0.29) is 23.6 Å². The average Bonchev–Trinajstić information content (AvgIpc) is 2.80. The number of carbonyl (C=O) groups excluding carboxylic acids is 2. The molecule has 1 aliphatic carbocycles.